The van der Waals surface area contributed by atoms with Crippen LogP contribution in [0.2, 0.25) is 5.02 Å². The van der Waals surface area contributed by atoms with Gasteiger partial charge in [0.1, 0.15) is 30.6 Å². The second-order valence-corrected chi connectivity index (χ2v) is 8.85. The second kappa shape index (κ2) is 13.7. The summed E-state index contributed by atoms with van der Waals surface area (Å²) in [6.45, 7) is 3.01. The van der Waals surface area contributed by atoms with Gasteiger partial charge in [0.25, 0.3) is 5.91 Å². The number of ether oxygens (including phenoxy) is 3. The average molecular weight is 539 g/mol. The normalized spacial score (nSPS) is 10.8. The van der Waals surface area contributed by atoms with Gasteiger partial charge >= 0.3 is 0 Å². The van der Waals surface area contributed by atoms with Crippen molar-refractivity contribution >= 4 is 29.3 Å². The van der Waals surface area contributed by atoms with Crippen molar-refractivity contribution in [2.75, 3.05) is 11.9 Å². The Morgan fingerprint density at radius 2 is 1.62 bits per heavy atom. The Hall–Kier alpha value is -4.73. The predicted octanol–water partition coefficient (Wildman–Crippen LogP) is 7.44. The average Bonchev–Trinajstić information content (AvgIpc) is 2.96. The molecule has 1 amide bonds. The zero-order valence-corrected chi connectivity index (χ0v) is 22.2. The number of anilines is 1. The van der Waals surface area contributed by atoms with Crippen molar-refractivity contribution in [1.29, 1.82) is 5.26 Å². The van der Waals surface area contributed by atoms with Gasteiger partial charge in [0.05, 0.1) is 6.61 Å². The van der Waals surface area contributed by atoms with Gasteiger partial charge in [-0.05, 0) is 66.6 Å². The third-order valence-electron chi connectivity index (χ3n) is 5.65. The minimum absolute atomic E-state index is 0.0495. The number of carbonyl (C=O) groups is 1. The molecule has 0 radical (unpaired) electrons. The maximum atomic E-state index is 12.8. The van der Waals surface area contributed by atoms with Crippen LogP contribution in [-0.2, 0) is 18.0 Å². The van der Waals surface area contributed by atoms with Crippen LogP contribution in [0.1, 0.15) is 23.6 Å². The highest BCUT2D eigenvalue weighted by Crippen LogP contribution is 2.31. The molecule has 0 fully saturated rings. The molecule has 0 aliphatic heterocycles. The summed E-state index contributed by atoms with van der Waals surface area (Å²) >= 11 is 6.23. The Kier molecular flexibility index (Phi) is 9.60. The van der Waals surface area contributed by atoms with E-state index in [4.69, 9.17) is 25.8 Å². The Labute approximate surface area is 233 Å². The van der Waals surface area contributed by atoms with Gasteiger partial charge in [-0.25, -0.2) is 0 Å². The minimum atomic E-state index is -0.521. The molecule has 0 saturated heterocycles. The first-order chi connectivity index (χ1) is 19.1. The summed E-state index contributed by atoms with van der Waals surface area (Å²) in [4.78, 5) is 12.8. The van der Waals surface area contributed by atoms with Crippen LogP contribution in [0.3, 0.4) is 0 Å². The van der Waals surface area contributed by atoms with Crippen LogP contribution in [0.15, 0.2) is 103 Å². The Morgan fingerprint density at radius 3 is 2.33 bits per heavy atom. The lowest BCUT2D eigenvalue weighted by Gasteiger charge is -2.13. The molecule has 6 nitrogen and oxygen atoms in total. The highest BCUT2D eigenvalue weighted by atomic mass is 35.5. The van der Waals surface area contributed by atoms with Gasteiger partial charge in [-0.2, -0.15) is 5.26 Å². The van der Waals surface area contributed by atoms with Crippen molar-refractivity contribution in [3.8, 4) is 23.3 Å². The van der Waals surface area contributed by atoms with E-state index in [0.29, 0.717) is 46.7 Å². The highest BCUT2D eigenvalue weighted by Gasteiger charge is 2.12. The zero-order valence-electron chi connectivity index (χ0n) is 21.4. The number of benzene rings is 4. The standard InChI is InChI=1S/C32H27ClN2O4/c1-2-37-31-19-24(12-17-30(31)39-22-25-10-6-7-11-29(25)33)18-26(20-34)32(36)35-27-13-15-28(16-14-27)38-21-23-8-4-3-5-9-23/h3-19H,2,21-22H2,1H3,(H,35,36)/b26-18+. The first-order valence-corrected chi connectivity index (χ1v) is 12.8. The first kappa shape index (κ1) is 27.3. The number of carbonyl (C=O) groups excluding carboxylic acids is 1. The van der Waals surface area contributed by atoms with Crippen LogP contribution in [0, 0.1) is 11.3 Å². The number of nitrogens with one attached hydrogen (secondary N) is 1. The molecule has 0 aliphatic rings. The Bertz CT molecular complexity index is 1480. The van der Waals surface area contributed by atoms with Gasteiger partial charge in [-0.3, -0.25) is 4.79 Å². The second-order valence-electron chi connectivity index (χ2n) is 8.44. The summed E-state index contributed by atoms with van der Waals surface area (Å²) in [5.41, 5.74) is 3.04. The molecule has 39 heavy (non-hydrogen) atoms. The van der Waals surface area contributed by atoms with E-state index >= 15 is 0 Å². The smallest absolute Gasteiger partial charge is 0.266 e. The van der Waals surface area contributed by atoms with Crippen LogP contribution < -0.4 is 19.5 Å². The monoisotopic (exact) mass is 538 g/mol. The topological polar surface area (TPSA) is 80.6 Å². The van der Waals surface area contributed by atoms with Crippen LogP contribution in [0.4, 0.5) is 5.69 Å². The van der Waals surface area contributed by atoms with Gasteiger partial charge in [0.15, 0.2) is 11.5 Å². The number of nitrogens with zero attached hydrogens (tertiary/aromatic N) is 1. The van der Waals surface area contributed by atoms with E-state index in [1.54, 1.807) is 48.5 Å². The molecule has 4 aromatic carbocycles. The molecule has 0 unspecified atom stereocenters. The molecule has 196 valence electrons. The Morgan fingerprint density at radius 1 is 0.872 bits per heavy atom. The molecule has 0 heterocycles. The Balaban J connectivity index is 1.41. The van der Waals surface area contributed by atoms with Crippen LogP contribution in [0.25, 0.3) is 6.08 Å². The molecule has 4 rings (SSSR count). The van der Waals surface area contributed by atoms with Crippen LogP contribution >= 0.6 is 11.6 Å². The number of hydrogen-bond acceptors (Lipinski definition) is 5. The number of hydrogen-bond donors (Lipinski definition) is 1. The van der Waals surface area contributed by atoms with Crippen molar-refractivity contribution in [3.63, 3.8) is 0 Å². The van der Waals surface area contributed by atoms with Crippen molar-refractivity contribution in [1.82, 2.24) is 0 Å². The number of nitriles is 1. The van der Waals surface area contributed by atoms with Gasteiger partial charge in [-0.1, -0.05) is 66.2 Å². The lowest BCUT2D eigenvalue weighted by molar-refractivity contribution is -0.112. The molecule has 7 heteroatoms. The van der Waals surface area contributed by atoms with E-state index in [9.17, 15) is 10.1 Å². The summed E-state index contributed by atoms with van der Waals surface area (Å²) in [5, 5.41) is 13.0. The summed E-state index contributed by atoms with van der Waals surface area (Å²) in [7, 11) is 0. The van der Waals surface area contributed by atoms with Gasteiger partial charge in [0.2, 0.25) is 0 Å². The van der Waals surface area contributed by atoms with Crippen LogP contribution in [0.5, 0.6) is 17.2 Å². The van der Waals surface area contributed by atoms with Gasteiger partial charge in [0, 0.05) is 16.3 Å². The molecule has 0 aliphatic carbocycles. The fraction of sp³-hybridized carbons (Fsp3) is 0.125. The fourth-order valence-electron chi connectivity index (χ4n) is 3.66. The minimum Gasteiger partial charge on any atom is -0.490 e. The van der Waals surface area contributed by atoms with Crippen molar-refractivity contribution < 1.29 is 19.0 Å². The summed E-state index contributed by atoms with van der Waals surface area (Å²) in [5.74, 6) is 1.19. The first-order valence-electron chi connectivity index (χ1n) is 12.4. The van der Waals surface area contributed by atoms with E-state index in [1.165, 1.54) is 6.08 Å². The van der Waals surface area contributed by atoms with Crippen molar-refractivity contribution in [2.24, 2.45) is 0 Å². The molecule has 0 aromatic heterocycles. The van der Waals surface area contributed by atoms with E-state index in [-0.39, 0.29) is 12.2 Å². The number of rotatable bonds is 11. The maximum absolute atomic E-state index is 12.8. The molecule has 0 spiro atoms. The van der Waals surface area contributed by atoms with E-state index in [1.807, 2.05) is 61.5 Å². The van der Waals surface area contributed by atoms with E-state index in [2.05, 4.69) is 5.32 Å². The van der Waals surface area contributed by atoms with Crippen molar-refractivity contribution in [2.45, 2.75) is 20.1 Å². The van der Waals surface area contributed by atoms with Crippen molar-refractivity contribution in [3.05, 3.63) is 124 Å². The molecular weight excluding hydrogens is 512 g/mol. The largest absolute Gasteiger partial charge is 0.490 e. The number of amides is 1. The predicted molar refractivity (Wildman–Crippen MR) is 153 cm³/mol. The number of halogens is 1. The molecule has 0 saturated carbocycles. The van der Waals surface area contributed by atoms with E-state index in [0.717, 1.165) is 11.1 Å². The lowest BCUT2D eigenvalue weighted by Crippen LogP contribution is -2.13. The molecule has 0 bridgehead atoms. The third kappa shape index (κ3) is 7.88. The molecule has 0 atom stereocenters. The molecular formula is C32H27ClN2O4. The molecule has 4 aromatic rings. The molecule has 1 N–H and O–H groups in total. The highest BCUT2D eigenvalue weighted by molar-refractivity contribution is 6.31. The lowest BCUT2D eigenvalue weighted by atomic mass is 10.1. The SMILES string of the molecule is CCOc1cc(/C=C(\C#N)C(=O)Nc2ccc(OCc3ccccc3)cc2)ccc1OCc1ccccc1Cl. The zero-order chi connectivity index (χ0) is 27.5. The van der Waals surface area contributed by atoms with Gasteiger partial charge < -0.3 is 19.5 Å². The summed E-state index contributed by atoms with van der Waals surface area (Å²) in [6.07, 6.45) is 1.51. The summed E-state index contributed by atoms with van der Waals surface area (Å²) < 4.78 is 17.5. The summed E-state index contributed by atoms with van der Waals surface area (Å²) in [6, 6.07) is 31.5. The fourth-order valence-corrected chi connectivity index (χ4v) is 3.85. The van der Waals surface area contributed by atoms with Gasteiger partial charge in [-0.15, -0.1) is 0 Å². The quantitative estimate of drug-likeness (QED) is 0.158. The van der Waals surface area contributed by atoms with Crippen LogP contribution in [-0.4, -0.2) is 12.5 Å². The third-order valence-corrected chi connectivity index (χ3v) is 6.01. The van der Waals surface area contributed by atoms with E-state index < -0.39 is 5.91 Å². The maximum Gasteiger partial charge on any atom is 0.266 e.